The highest BCUT2D eigenvalue weighted by molar-refractivity contribution is 7.21. The maximum absolute atomic E-state index is 14.4. The zero-order chi connectivity index (χ0) is 19.7. The van der Waals surface area contributed by atoms with E-state index in [0.29, 0.717) is 28.4 Å². The van der Waals surface area contributed by atoms with E-state index in [-0.39, 0.29) is 5.82 Å². The van der Waals surface area contributed by atoms with Crippen LogP contribution >= 0.6 is 11.3 Å². The fraction of sp³-hybridized carbons (Fsp3) is 0.100. The fourth-order valence-corrected chi connectivity index (χ4v) is 3.81. The highest BCUT2D eigenvalue weighted by atomic mass is 32.1. The van der Waals surface area contributed by atoms with Crippen molar-refractivity contribution < 1.29 is 17.6 Å². The van der Waals surface area contributed by atoms with Gasteiger partial charge in [0.25, 0.3) is 5.92 Å². The van der Waals surface area contributed by atoms with Gasteiger partial charge in [-0.05, 0) is 23.8 Å². The fourth-order valence-electron chi connectivity index (χ4n) is 2.80. The van der Waals surface area contributed by atoms with Crippen molar-refractivity contribution in [1.82, 2.24) is 9.97 Å². The van der Waals surface area contributed by atoms with Crippen molar-refractivity contribution in [2.24, 2.45) is 0 Å². The predicted octanol–water partition coefficient (Wildman–Crippen LogP) is 5.84. The van der Waals surface area contributed by atoms with Crippen molar-refractivity contribution in [2.75, 3.05) is 11.9 Å². The van der Waals surface area contributed by atoms with E-state index in [1.807, 2.05) is 36.4 Å². The number of aromatic nitrogens is 2. The second kappa shape index (κ2) is 7.20. The zero-order valence-corrected chi connectivity index (χ0v) is 15.1. The first-order valence-corrected chi connectivity index (χ1v) is 9.12. The molecule has 0 aliphatic carbocycles. The summed E-state index contributed by atoms with van der Waals surface area (Å²) in [5.74, 6) is -5.35. The molecule has 0 amide bonds. The Bertz CT molecular complexity index is 1110. The van der Waals surface area contributed by atoms with E-state index < -0.39 is 29.7 Å². The number of thiophene rings is 1. The van der Waals surface area contributed by atoms with Crippen molar-refractivity contribution in [2.45, 2.75) is 5.92 Å². The van der Waals surface area contributed by atoms with Crippen LogP contribution in [-0.4, -0.2) is 16.5 Å². The van der Waals surface area contributed by atoms with E-state index in [0.717, 1.165) is 10.4 Å². The lowest BCUT2D eigenvalue weighted by Crippen LogP contribution is -2.25. The van der Waals surface area contributed by atoms with Crippen LogP contribution in [0.2, 0.25) is 0 Å². The lowest BCUT2D eigenvalue weighted by molar-refractivity contribution is 0.00992. The van der Waals surface area contributed by atoms with Gasteiger partial charge in [-0.2, -0.15) is 8.78 Å². The first-order valence-electron chi connectivity index (χ1n) is 8.30. The number of benzene rings is 2. The van der Waals surface area contributed by atoms with Crippen molar-refractivity contribution in [3.05, 3.63) is 78.1 Å². The van der Waals surface area contributed by atoms with Crippen molar-refractivity contribution in [1.29, 1.82) is 0 Å². The minimum Gasteiger partial charge on any atom is -0.363 e. The molecule has 2 aromatic carbocycles. The summed E-state index contributed by atoms with van der Waals surface area (Å²) < 4.78 is 55.4. The molecule has 0 fully saturated rings. The molecule has 0 saturated carbocycles. The average molecular weight is 403 g/mol. The number of fused-ring (bicyclic) bond motifs is 1. The summed E-state index contributed by atoms with van der Waals surface area (Å²) in [6.45, 7) is -0.863. The van der Waals surface area contributed by atoms with E-state index >= 15 is 0 Å². The minimum absolute atomic E-state index is 0.236. The topological polar surface area (TPSA) is 37.8 Å². The van der Waals surface area contributed by atoms with Crippen molar-refractivity contribution in [3.63, 3.8) is 0 Å². The standard InChI is InChI=1S/C20H13F4N3S/c21-14-6-13(7-15(22)8-14)20(23,24)10-25-18-16-9-17(12-4-2-1-3-5-12)28-19(16)27-11-26-18/h1-9,11H,10H2,(H,25,26,27). The molecule has 0 radical (unpaired) electrons. The summed E-state index contributed by atoms with van der Waals surface area (Å²) in [6.07, 6.45) is 1.29. The molecule has 3 nitrogen and oxygen atoms in total. The van der Waals surface area contributed by atoms with Gasteiger partial charge in [-0.3, -0.25) is 0 Å². The Balaban J connectivity index is 1.62. The minimum atomic E-state index is -3.49. The quantitative estimate of drug-likeness (QED) is 0.426. The number of hydrogen-bond acceptors (Lipinski definition) is 4. The van der Waals surface area contributed by atoms with Crippen LogP contribution in [0.4, 0.5) is 23.4 Å². The summed E-state index contributed by atoms with van der Waals surface area (Å²) in [5, 5.41) is 3.20. The second-order valence-electron chi connectivity index (χ2n) is 6.13. The number of nitrogens with one attached hydrogen (secondary N) is 1. The molecular formula is C20H13F4N3S. The van der Waals surface area contributed by atoms with Crippen LogP contribution in [0.15, 0.2) is 60.9 Å². The summed E-state index contributed by atoms with van der Waals surface area (Å²) in [6, 6.07) is 13.2. The number of alkyl halides is 2. The molecule has 0 unspecified atom stereocenters. The van der Waals surface area contributed by atoms with Gasteiger partial charge in [-0.25, -0.2) is 18.7 Å². The van der Waals surface area contributed by atoms with Crippen LogP contribution in [0, 0.1) is 11.6 Å². The molecule has 1 N–H and O–H groups in total. The van der Waals surface area contributed by atoms with E-state index in [1.165, 1.54) is 17.7 Å². The first-order chi connectivity index (χ1) is 13.4. The zero-order valence-electron chi connectivity index (χ0n) is 14.3. The van der Waals surface area contributed by atoms with E-state index in [9.17, 15) is 17.6 Å². The molecule has 2 aromatic heterocycles. The lowest BCUT2D eigenvalue weighted by Gasteiger charge is -2.18. The smallest absolute Gasteiger partial charge is 0.290 e. The molecule has 0 spiro atoms. The molecule has 8 heteroatoms. The van der Waals surface area contributed by atoms with Gasteiger partial charge in [0.15, 0.2) is 0 Å². The van der Waals surface area contributed by atoms with Gasteiger partial charge in [0.1, 0.15) is 28.6 Å². The van der Waals surface area contributed by atoms with Gasteiger partial charge in [0.2, 0.25) is 0 Å². The van der Waals surface area contributed by atoms with Gasteiger partial charge in [-0.1, -0.05) is 30.3 Å². The maximum atomic E-state index is 14.4. The van der Waals surface area contributed by atoms with Gasteiger partial charge in [0, 0.05) is 16.5 Å². The third kappa shape index (κ3) is 3.68. The molecule has 4 rings (SSSR count). The summed E-state index contributed by atoms with van der Waals surface area (Å²) in [5.41, 5.74) is 0.245. The molecular weight excluding hydrogens is 390 g/mol. The second-order valence-corrected chi connectivity index (χ2v) is 7.16. The SMILES string of the molecule is Fc1cc(F)cc(C(F)(F)CNc2ncnc3sc(-c4ccccc4)cc23)c1. The number of hydrogen-bond donors (Lipinski definition) is 1. The molecule has 4 aromatic rings. The highest BCUT2D eigenvalue weighted by Crippen LogP contribution is 2.36. The van der Waals surface area contributed by atoms with E-state index in [2.05, 4.69) is 15.3 Å². The van der Waals surface area contributed by atoms with Crippen LogP contribution in [0.25, 0.3) is 20.7 Å². The van der Waals surface area contributed by atoms with Gasteiger partial charge in [0.05, 0.1) is 11.9 Å². The third-order valence-corrected chi connectivity index (χ3v) is 5.24. The number of anilines is 1. The maximum Gasteiger partial charge on any atom is 0.290 e. The van der Waals surface area contributed by atoms with Crippen LogP contribution in [-0.2, 0) is 5.92 Å². The summed E-state index contributed by atoms with van der Waals surface area (Å²) in [7, 11) is 0. The number of nitrogens with zero attached hydrogens (tertiary/aromatic N) is 2. The molecule has 0 bridgehead atoms. The van der Waals surface area contributed by atoms with Crippen LogP contribution in [0.1, 0.15) is 5.56 Å². The first kappa shape index (κ1) is 18.4. The summed E-state index contributed by atoms with van der Waals surface area (Å²) >= 11 is 1.42. The molecule has 28 heavy (non-hydrogen) atoms. The van der Waals surface area contributed by atoms with Crippen molar-refractivity contribution >= 4 is 27.4 Å². The van der Waals surface area contributed by atoms with Crippen molar-refractivity contribution in [3.8, 4) is 10.4 Å². The third-order valence-electron chi connectivity index (χ3n) is 4.15. The van der Waals surface area contributed by atoms with Gasteiger partial charge < -0.3 is 5.32 Å². The Kier molecular flexibility index (Phi) is 4.72. The van der Waals surface area contributed by atoms with E-state index in [4.69, 9.17) is 0 Å². The largest absolute Gasteiger partial charge is 0.363 e. The lowest BCUT2D eigenvalue weighted by atomic mass is 10.1. The Morgan fingerprint density at radius 3 is 2.36 bits per heavy atom. The predicted molar refractivity (Wildman–Crippen MR) is 102 cm³/mol. The van der Waals surface area contributed by atoms with E-state index in [1.54, 1.807) is 0 Å². The Labute approximate surface area is 161 Å². The normalized spacial score (nSPS) is 11.7. The van der Waals surface area contributed by atoms with Crippen LogP contribution in [0.3, 0.4) is 0 Å². The monoisotopic (exact) mass is 403 g/mol. The highest BCUT2D eigenvalue weighted by Gasteiger charge is 2.32. The molecule has 0 aliphatic heterocycles. The van der Waals surface area contributed by atoms with Crippen LogP contribution in [0.5, 0.6) is 0 Å². The summed E-state index contributed by atoms with van der Waals surface area (Å²) in [4.78, 5) is 9.82. The Morgan fingerprint density at radius 2 is 1.64 bits per heavy atom. The Morgan fingerprint density at radius 1 is 0.929 bits per heavy atom. The number of rotatable bonds is 5. The van der Waals surface area contributed by atoms with Gasteiger partial charge in [-0.15, -0.1) is 11.3 Å². The molecule has 2 heterocycles. The Hall–Kier alpha value is -3.00. The van der Waals surface area contributed by atoms with Crippen LogP contribution < -0.4 is 5.32 Å². The van der Waals surface area contributed by atoms with Gasteiger partial charge >= 0.3 is 0 Å². The molecule has 0 atom stereocenters. The molecule has 0 saturated heterocycles. The number of halogens is 4. The average Bonchev–Trinajstić information content (AvgIpc) is 3.11. The molecule has 142 valence electrons. The molecule has 0 aliphatic rings.